The second-order valence-corrected chi connectivity index (χ2v) is 9.97. The molecule has 1 saturated heterocycles. The average Bonchev–Trinajstić information content (AvgIpc) is 2.59. The summed E-state index contributed by atoms with van der Waals surface area (Å²) >= 11 is 0. The van der Waals surface area contributed by atoms with Crippen LogP contribution in [-0.4, -0.2) is 69.6 Å². The van der Waals surface area contributed by atoms with E-state index < -0.39 is 9.84 Å². The molecule has 1 heterocycles. The van der Waals surface area contributed by atoms with Gasteiger partial charge in [-0.2, -0.15) is 0 Å². The molecule has 0 aromatic heterocycles. The molecule has 0 saturated carbocycles. The maximum absolute atomic E-state index is 11.5. The van der Waals surface area contributed by atoms with Crippen molar-refractivity contribution in [2.45, 2.75) is 32.9 Å². The van der Waals surface area contributed by atoms with E-state index in [9.17, 15) is 8.42 Å². The number of benzene rings is 1. The molecule has 1 fully saturated rings. The van der Waals surface area contributed by atoms with Gasteiger partial charge in [-0.05, 0) is 26.8 Å². The maximum atomic E-state index is 11.5. The summed E-state index contributed by atoms with van der Waals surface area (Å²) in [5, 5.41) is 6.59. The fourth-order valence-electron chi connectivity index (χ4n) is 2.79. The van der Waals surface area contributed by atoms with E-state index in [0.717, 1.165) is 17.9 Å². The molecule has 2 N–H and O–H groups in total. The van der Waals surface area contributed by atoms with E-state index in [0.29, 0.717) is 32.1 Å². The van der Waals surface area contributed by atoms with E-state index >= 15 is 0 Å². The number of para-hydroxylation sites is 1. The first-order valence-corrected chi connectivity index (χ1v) is 11.1. The summed E-state index contributed by atoms with van der Waals surface area (Å²) in [7, 11) is -1.09. The van der Waals surface area contributed by atoms with Crippen LogP contribution in [0.2, 0.25) is 0 Å². The fourth-order valence-corrected chi connectivity index (χ4v) is 4.06. The Morgan fingerprint density at radius 2 is 1.85 bits per heavy atom. The zero-order valence-corrected chi connectivity index (χ0v) is 17.6. The summed E-state index contributed by atoms with van der Waals surface area (Å²) in [4.78, 5) is 6.41. The number of hydrogen-bond donors (Lipinski definition) is 2. The van der Waals surface area contributed by atoms with Crippen molar-refractivity contribution in [2.24, 2.45) is 4.99 Å². The zero-order valence-electron chi connectivity index (χ0n) is 16.8. The van der Waals surface area contributed by atoms with E-state index in [1.807, 2.05) is 45.0 Å². The average molecular weight is 397 g/mol. The third kappa shape index (κ3) is 7.76. The van der Waals surface area contributed by atoms with Crippen LogP contribution in [0, 0.1) is 0 Å². The van der Waals surface area contributed by atoms with E-state index in [2.05, 4.69) is 20.5 Å². The van der Waals surface area contributed by atoms with Gasteiger partial charge in [-0.15, -0.1) is 0 Å². The van der Waals surface area contributed by atoms with Crippen molar-refractivity contribution in [1.29, 1.82) is 0 Å². The molecule has 0 amide bonds. The summed E-state index contributed by atoms with van der Waals surface area (Å²) < 4.78 is 29.0. The van der Waals surface area contributed by atoms with Crippen molar-refractivity contribution in [3.63, 3.8) is 0 Å². The van der Waals surface area contributed by atoms with Crippen LogP contribution in [0.4, 0.5) is 0 Å². The van der Waals surface area contributed by atoms with Gasteiger partial charge in [-0.3, -0.25) is 9.89 Å². The number of guanidine groups is 1. The topological polar surface area (TPSA) is 83.0 Å². The van der Waals surface area contributed by atoms with E-state index in [4.69, 9.17) is 4.74 Å². The molecule has 2 rings (SSSR count). The molecule has 7 nitrogen and oxygen atoms in total. The first-order valence-electron chi connectivity index (χ1n) is 9.33. The second kappa shape index (κ2) is 9.41. The number of aliphatic imine (C=N–C) groups is 1. The van der Waals surface area contributed by atoms with Crippen molar-refractivity contribution < 1.29 is 13.2 Å². The molecule has 0 aliphatic carbocycles. The first-order chi connectivity index (χ1) is 12.7. The molecule has 1 aromatic carbocycles. The summed E-state index contributed by atoms with van der Waals surface area (Å²) in [6.07, 6.45) is 0. The second-order valence-electron chi connectivity index (χ2n) is 7.67. The predicted molar refractivity (Wildman–Crippen MR) is 110 cm³/mol. The van der Waals surface area contributed by atoms with Gasteiger partial charge < -0.3 is 15.4 Å². The Hall–Kier alpha value is -1.80. The van der Waals surface area contributed by atoms with Crippen LogP contribution in [0.25, 0.3) is 0 Å². The summed E-state index contributed by atoms with van der Waals surface area (Å²) in [6.45, 7) is 9.41. The van der Waals surface area contributed by atoms with Gasteiger partial charge in [0.2, 0.25) is 0 Å². The van der Waals surface area contributed by atoms with Gasteiger partial charge >= 0.3 is 0 Å². The molecule has 0 radical (unpaired) electrons. The summed E-state index contributed by atoms with van der Waals surface area (Å²) in [6, 6.07) is 7.97. The molecule has 0 spiro atoms. The fraction of sp³-hybridized carbons (Fsp3) is 0.632. The Kier molecular flexibility index (Phi) is 7.49. The molecular weight excluding hydrogens is 364 g/mol. The van der Waals surface area contributed by atoms with Crippen molar-refractivity contribution >= 4 is 15.8 Å². The number of nitrogens with one attached hydrogen (secondary N) is 2. The highest BCUT2D eigenvalue weighted by Crippen LogP contribution is 2.22. The van der Waals surface area contributed by atoms with Crippen LogP contribution in [0.3, 0.4) is 0 Å². The van der Waals surface area contributed by atoms with Gasteiger partial charge in [0.05, 0.1) is 11.5 Å². The monoisotopic (exact) mass is 396 g/mol. The molecule has 0 unspecified atom stereocenters. The van der Waals surface area contributed by atoms with Crippen LogP contribution >= 0.6 is 0 Å². The molecule has 8 heteroatoms. The number of ether oxygens (including phenoxy) is 1. The highest BCUT2D eigenvalue weighted by atomic mass is 32.2. The minimum Gasteiger partial charge on any atom is -0.488 e. The smallest absolute Gasteiger partial charge is 0.191 e. The predicted octanol–water partition coefficient (Wildman–Crippen LogP) is 1.26. The molecular formula is C19H32N4O3S. The largest absolute Gasteiger partial charge is 0.488 e. The lowest BCUT2D eigenvalue weighted by Gasteiger charge is -2.26. The molecule has 0 atom stereocenters. The molecule has 0 bridgehead atoms. The number of hydrogen-bond acceptors (Lipinski definition) is 5. The Labute approximate surface area is 163 Å². The highest BCUT2D eigenvalue weighted by Gasteiger charge is 2.21. The third-order valence-corrected chi connectivity index (χ3v) is 5.83. The number of rotatable bonds is 6. The van der Waals surface area contributed by atoms with Crippen molar-refractivity contribution in [3.8, 4) is 5.75 Å². The standard InChI is InChI=1S/C19H32N4O3S/c1-19(2,3)26-17-8-6-5-7-16(17)15-22-18(20-4)21-9-10-23-11-13-27(24,25)14-12-23/h5-8H,9-15H2,1-4H3,(H2,20,21,22). The van der Waals surface area contributed by atoms with Gasteiger partial charge in [-0.25, -0.2) is 8.42 Å². The van der Waals surface area contributed by atoms with Crippen LogP contribution in [0.1, 0.15) is 26.3 Å². The van der Waals surface area contributed by atoms with Crippen LogP contribution in [0.15, 0.2) is 29.3 Å². The van der Waals surface area contributed by atoms with Gasteiger partial charge in [0.25, 0.3) is 0 Å². The lowest BCUT2D eigenvalue weighted by Crippen LogP contribution is -2.45. The minimum absolute atomic E-state index is 0.252. The van der Waals surface area contributed by atoms with Crippen molar-refractivity contribution in [2.75, 3.05) is 44.7 Å². The molecule has 152 valence electrons. The van der Waals surface area contributed by atoms with Crippen LogP contribution in [0.5, 0.6) is 5.75 Å². The maximum Gasteiger partial charge on any atom is 0.191 e. The normalized spacial score (nSPS) is 18.1. The van der Waals surface area contributed by atoms with E-state index in [1.54, 1.807) is 7.05 Å². The summed E-state index contributed by atoms with van der Waals surface area (Å²) in [5.74, 6) is 2.09. The Morgan fingerprint density at radius 3 is 2.48 bits per heavy atom. The lowest BCUT2D eigenvalue weighted by molar-refractivity contribution is 0.129. The van der Waals surface area contributed by atoms with Crippen molar-refractivity contribution in [3.05, 3.63) is 29.8 Å². The quantitative estimate of drug-likeness (QED) is 0.556. The van der Waals surface area contributed by atoms with Gasteiger partial charge in [-0.1, -0.05) is 18.2 Å². The first kappa shape index (κ1) is 21.5. The molecule has 1 aliphatic heterocycles. The Bertz CT molecular complexity index is 728. The third-order valence-electron chi connectivity index (χ3n) is 4.22. The van der Waals surface area contributed by atoms with E-state index in [-0.39, 0.29) is 17.1 Å². The van der Waals surface area contributed by atoms with Gasteiger partial charge in [0.15, 0.2) is 15.8 Å². The zero-order chi connectivity index (χ0) is 19.9. The van der Waals surface area contributed by atoms with Gasteiger partial charge in [0, 0.05) is 45.3 Å². The molecule has 1 aliphatic rings. The SMILES string of the molecule is CN=C(NCCN1CCS(=O)(=O)CC1)NCc1ccccc1OC(C)(C)C. The summed E-state index contributed by atoms with van der Waals surface area (Å²) in [5.41, 5.74) is 0.814. The molecule has 27 heavy (non-hydrogen) atoms. The minimum atomic E-state index is -2.83. The number of nitrogens with zero attached hydrogens (tertiary/aromatic N) is 2. The Balaban J connectivity index is 1.79. The van der Waals surface area contributed by atoms with Gasteiger partial charge in [0.1, 0.15) is 11.4 Å². The molecule has 1 aromatic rings. The highest BCUT2D eigenvalue weighted by molar-refractivity contribution is 7.91. The van der Waals surface area contributed by atoms with Crippen LogP contribution in [-0.2, 0) is 16.4 Å². The number of sulfone groups is 1. The van der Waals surface area contributed by atoms with Crippen molar-refractivity contribution in [1.82, 2.24) is 15.5 Å². The Morgan fingerprint density at radius 1 is 1.19 bits per heavy atom. The van der Waals surface area contributed by atoms with E-state index in [1.165, 1.54) is 0 Å². The van der Waals surface area contributed by atoms with Crippen LogP contribution < -0.4 is 15.4 Å². The lowest BCUT2D eigenvalue weighted by atomic mass is 10.1.